The van der Waals surface area contributed by atoms with E-state index < -0.39 is 0 Å². The minimum absolute atomic E-state index is 0.171. The molecule has 108 valence electrons. The van der Waals surface area contributed by atoms with Crippen LogP contribution in [0, 0.1) is 0 Å². The van der Waals surface area contributed by atoms with Crippen molar-refractivity contribution in [1.29, 1.82) is 0 Å². The largest absolute Gasteiger partial charge is 0.494 e. The van der Waals surface area contributed by atoms with Crippen LogP contribution in [0.25, 0.3) is 0 Å². The molecule has 1 aliphatic heterocycles. The third-order valence-electron chi connectivity index (χ3n) is 3.22. The predicted octanol–water partition coefficient (Wildman–Crippen LogP) is 2.65. The first-order valence-corrected chi connectivity index (χ1v) is 7.02. The summed E-state index contributed by atoms with van der Waals surface area (Å²) in [7, 11) is 0. The zero-order valence-electron chi connectivity index (χ0n) is 12.0. The third kappa shape index (κ3) is 2.92. The second-order valence-electron chi connectivity index (χ2n) is 4.71. The fourth-order valence-corrected chi connectivity index (χ4v) is 2.19. The number of hydrogen-bond acceptors (Lipinski definition) is 3. The molecule has 1 aliphatic rings. The van der Waals surface area contributed by atoms with E-state index in [0.717, 1.165) is 18.6 Å². The molecule has 1 saturated heterocycles. The molecule has 0 spiro atoms. The van der Waals surface area contributed by atoms with Gasteiger partial charge in [-0.05, 0) is 37.6 Å². The molecule has 1 aromatic carbocycles. The van der Waals surface area contributed by atoms with E-state index >= 15 is 0 Å². The van der Waals surface area contributed by atoms with Crippen LogP contribution in [0.3, 0.4) is 0 Å². The van der Waals surface area contributed by atoms with Crippen molar-refractivity contribution in [2.24, 2.45) is 0 Å². The Morgan fingerprint density at radius 3 is 2.45 bits per heavy atom. The highest BCUT2D eigenvalue weighted by Gasteiger charge is 2.36. The first kappa shape index (κ1) is 14.4. The van der Waals surface area contributed by atoms with Crippen LogP contribution in [-0.2, 0) is 4.79 Å². The summed E-state index contributed by atoms with van der Waals surface area (Å²) >= 11 is 0. The van der Waals surface area contributed by atoms with Gasteiger partial charge in [0.05, 0.1) is 12.3 Å². The smallest absolute Gasteiger partial charge is 0.331 e. The lowest BCUT2D eigenvalue weighted by Gasteiger charge is -2.17. The summed E-state index contributed by atoms with van der Waals surface area (Å²) in [6.07, 6.45) is 1.91. The highest BCUT2D eigenvalue weighted by molar-refractivity contribution is 6.19. The van der Waals surface area contributed by atoms with E-state index in [2.05, 4.69) is 6.92 Å². The average molecular weight is 276 g/mol. The van der Waals surface area contributed by atoms with Gasteiger partial charge in [0.2, 0.25) is 0 Å². The van der Waals surface area contributed by atoms with Crippen molar-refractivity contribution in [1.82, 2.24) is 4.90 Å². The number of amides is 3. The van der Waals surface area contributed by atoms with E-state index in [4.69, 9.17) is 4.74 Å². The molecule has 20 heavy (non-hydrogen) atoms. The fraction of sp³-hybridized carbons (Fsp3) is 0.467. The standard InChI is InChI=1S/C15H20N2O3/c1-3-5-10-16-11-14(18)17(15(16)19)12-6-8-13(9-7-12)20-4-2/h6-9H,3-5,10-11H2,1-2H3. The molecule has 0 atom stereocenters. The second kappa shape index (κ2) is 6.41. The Kier molecular flexibility index (Phi) is 4.61. The summed E-state index contributed by atoms with van der Waals surface area (Å²) in [6.45, 7) is 5.37. The molecule has 1 heterocycles. The van der Waals surface area contributed by atoms with Gasteiger partial charge in [0, 0.05) is 6.54 Å². The number of imide groups is 1. The molecule has 5 heteroatoms. The van der Waals surface area contributed by atoms with Crippen LogP contribution in [0.5, 0.6) is 5.75 Å². The van der Waals surface area contributed by atoms with E-state index in [1.807, 2.05) is 6.92 Å². The van der Waals surface area contributed by atoms with Crippen molar-refractivity contribution < 1.29 is 14.3 Å². The van der Waals surface area contributed by atoms with Crippen LogP contribution in [0.4, 0.5) is 10.5 Å². The highest BCUT2D eigenvalue weighted by atomic mass is 16.5. The topological polar surface area (TPSA) is 49.9 Å². The highest BCUT2D eigenvalue weighted by Crippen LogP contribution is 2.24. The average Bonchev–Trinajstić information content (AvgIpc) is 2.73. The molecular weight excluding hydrogens is 256 g/mol. The van der Waals surface area contributed by atoms with E-state index in [-0.39, 0.29) is 18.5 Å². The number of benzene rings is 1. The number of hydrogen-bond donors (Lipinski definition) is 0. The Hall–Kier alpha value is -2.04. The van der Waals surface area contributed by atoms with Crippen LogP contribution >= 0.6 is 0 Å². The summed E-state index contributed by atoms with van der Waals surface area (Å²) in [5.74, 6) is 0.563. The maximum absolute atomic E-state index is 12.2. The van der Waals surface area contributed by atoms with E-state index in [1.54, 1.807) is 29.2 Å². The minimum atomic E-state index is -0.229. The van der Waals surface area contributed by atoms with E-state index in [9.17, 15) is 9.59 Å². The van der Waals surface area contributed by atoms with Gasteiger partial charge in [0.15, 0.2) is 0 Å². The van der Waals surface area contributed by atoms with Crippen molar-refractivity contribution in [2.75, 3.05) is 24.6 Å². The number of unbranched alkanes of at least 4 members (excludes halogenated alkanes) is 1. The second-order valence-corrected chi connectivity index (χ2v) is 4.71. The number of nitrogens with zero attached hydrogens (tertiary/aromatic N) is 2. The quantitative estimate of drug-likeness (QED) is 0.750. The van der Waals surface area contributed by atoms with Crippen LogP contribution < -0.4 is 9.64 Å². The van der Waals surface area contributed by atoms with Crippen molar-refractivity contribution in [3.05, 3.63) is 24.3 Å². The lowest BCUT2D eigenvalue weighted by molar-refractivity contribution is -0.116. The van der Waals surface area contributed by atoms with Gasteiger partial charge in [-0.2, -0.15) is 0 Å². The van der Waals surface area contributed by atoms with Crippen molar-refractivity contribution in [3.8, 4) is 5.75 Å². The fourth-order valence-electron chi connectivity index (χ4n) is 2.19. The van der Waals surface area contributed by atoms with Gasteiger partial charge < -0.3 is 9.64 Å². The predicted molar refractivity (Wildman–Crippen MR) is 77.0 cm³/mol. The van der Waals surface area contributed by atoms with Gasteiger partial charge in [0.25, 0.3) is 5.91 Å². The van der Waals surface area contributed by atoms with Crippen molar-refractivity contribution in [2.45, 2.75) is 26.7 Å². The molecule has 0 unspecified atom stereocenters. The molecule has 3 amide bonds. The molecule has 5 nitrogen and oxygen atoms in total. The van der Waals surface area contributed by atoms with Crippen LogP contribution in [0.15, 0.2) is 24.3 Å². The van der Waals surface area contributed by atoms with Crippen LogP contribution in [0.2, 0.25) is 0 Å². The van der Waals surface area contributed by atoms with Crippen molar-refractivity contribution in [3.63, 3.8) is 0 Å². The van der Waals surface area contributed by atoms with Gasteiger partial charge in [-0.15, -0.1) is 0 Å². The monoisotopic (exact) mass is 276 g/mol. The third-order valence-corrected chi connectivity index (χ3v) is 3.22. The summed E-state index contributed by atoms with van der Waals surface area (Å²) in [5.41, 5.74) is 0.599. The zero-order chi connectivity index (χ0) is 14.5. The Labute approximate surface area is 119 Å². The maximum atomic E-state index is 12.2. The van der Waals surface area contributed by atoms with E-state index in [0.29, 0.717) is 18.8 Å². The Balaban J connectivity index is 2.11. The molecule has 0 radical (unpaired) electrons. The number of carbonyl (C=O) groups is 2. The molecule has 0 bridgehead atoms. The Bertz CT molecular complexity index is 484. The minimum Gasteiger partial charge on any atom is -0.494 e. The number of rotatable bonds is 6. The van der Waals surface area contributed by atoms with Crippen LogP contribution in [-0.4, -0.2) is 36.5 Å². The molecule has 0 aromatic heterocycles. The number of urea groups is 1. The molecule has 0 N–H and O–H groups in total. The summed E-state index contributed by atoms with van der Waals surface area (Å²) in [4.78, 5) is 27.1. The summed E-state index contributed by atoms with van der Waals surface area (Å²) < 4.78 is 5.35. The first-order valence-electron chi connectivity index (χ1n) is 7.02. The van der Waals surface area contributed by atoms with E-state index in [1.165, 1.54) is 4.90 Å². The lowest BCUT2D eigenvalue weighted by atomic mass is 10.3. The van der Waals surface area contributed by atoms with Gasteiger partial charge in [-0.25, -0.2) is 9.69 Å². The molecular formula is C15H20N2O3. The van der Waals surface area contributed by atoms with Gasteiger partial charge >= 0.3 is 6.03 Å². The number of carbonyl (C=O) groups excluding carboxylic acids is 2. The maximum Gasteiger partial charge on any atom is 0.331 e. The SMILES string of the molecule is CCCCN1CC(=O)N(c2ccc(OCC)cc2)C1=O. The van der Waals surface area contributed by atoms with Crippen molar-refractivity contribution >= 4 is 17.6 Å². The molecule has 1 fully saturated rings. The van der Waals surface area contributed by atoms with Gasteiger partial charge in [-0.3, -0.25) is 4.79 Å². The number of anilines is 1. The normalized spacial score (nSPS) is 15.1. The summed E-state index contributed by atoms with van der Waals surface area (Å²) in [6, 6.07) is 6.80. The molecule has 1 aromatic rings. The lowest BCUT2D eigenvalue weighted by Crippen LogP contribution is -2.33. The van der Waals surface area contributed by atoms with Gasteiger partial charge in [-0.1, -0.05) is 13.3 Å². The molecule has 2 rings (SSSR count). The Morgan fingerprint density at radius 2 is 1.85 bits per heavy atom. The summed E-state index contributed by atoms with van der Waals surface area (Å²) in [5, 5.41) is 0. The Morgan fingerprint density at radius 1 is 1.15 bits per heavy atom. The first-order chi connectivity index (χ1) is 9.67. The molecule has 0 aliphatic carbocycles. The number of ether oxygens (including phenoxy) is 1. The van der Waals surface area contributed by atoms with Crippen LogP contribution in [0.1, 0.15) is 26.7 Å². The molecule has 0 saturated carbocycles. The van der Waals surface area contributed by atoms with Gasteiger partial charge in [0.1, 0.15) is 12.3 Å². The zero-order valence-corrected chi connectivity index (χ0v) is 12.0.